The van der Waals surface area contributed by atoms with Gasteiger partial charge in [0.05, 0.1) is 5.39 Å². The Hall–Kier alpha value is -1.15. The third kappa shape index (κ3) is 1.85. The van der Waals surface area contributed by atoms with E-state index in [4.69, 9.17) is 0 Å². The maximum absolute atomic E-state index is 13.2. The summed E-state index contributed by atoms with van der Waals surface area (Å²) >= 11 is 1.62. The second-order valence-corrected chi connectivity index (χ2v) is 5.82. The number of alkyl halides is 3. The molecule has 0 spiro atoms. The fourth-order valence-electron chi connectivity index (χ4n) is 2.90. The Balaban J connectivity index is 2.26. The fourth-order valence-corrected chi connectivity index (χ4v) is 3.42. The zero-order valence-corrected chi connectivity index (χ0v) is 12.3. The second-order valence-electron chi connectivity index (χ2n) is 4.94. The number of aryl methyl sites for hydroxylation is 2. The third-order valence-corrected chi connectivity index (χ3v) is 4.67. The van der Waals surface area contributed by atoms with Crippen LogP contribution in [0.3, 0.4) is 0 Å². The van der Waals surface area contributed by atoms with Gasteiger partial charge in [0.25, 0.3) is 0 Å². The van der Waals surface area contributed by atoms with Crippen molar-refractivity contribution in [3.8, 4) is 0 Å². The first kappa shape index (κ1) is 13.8. The van der Waals surface area contributed by atoms with Crippen molar-refractivity contribution in [2.75, 3.05) is 12.8 Å². The molecular weight excluding hydrogens is 289 g/mol. The number of aromatic nitrogens is 3. The van der Waals surface area contributed by atoms with E-state index >= 15 is 0 Å². The molecule has 110 valence electrons. The van der Waals surface area contributed by atoms with Gasteiger partial charge in [0.1, 0.15) is 0 Å². The minimum absolute atomic E-state index is 0.248. The summed E-state index contributed by atoms with van der Waals surface area (Å²) < 4.78 is 44.7. The number of nitrogens with zero attached hydrogens (tertiary/aromatic N) is 4. The van der Waals surface area contributed by atoms with Gasteiger partial charge in [0, 0.05) is 32.4 Å². The summed E-state index contributed by atoms with van der Waals surface area (Å²) in [6.45, 7) is 3.91. The molecule has 3 heterocycles. The van der Waals surface area contributed by atoms with E-state index in [0.29, 0.717) is 24.3 Å². The Labute approximate surface area is 118 Å². The molecule has 0 saturated heterocycles. The van der Waals surface area contributed by atoms with Gasteiger partial charge in [-0.1, -0.05) is 11.9 Å². The van der Waals surface area contributed by atoms with Gasteiger partial charge in [-0.3, -0.25) is 4.68 Å². The fraction of sp³-hybridized carbons (Fsp3) is 0.583. The summed E-state index contributed by atoms with van der Waals surface area (Å²) in [5.41, 5.74) is 1.43. The van der Waals surface area contributed by atoms with Crippen molar-refractivity contribution in [2.45, 2.75) is 26.2 Å². The van der Waals surface area contributed by atoms with E-state index in [0.717, 1.165) is 16.9 Å². The van der Waals surface area contributed by atoms with Crippen LogP contribution < -0.4 is 0 Å². The molecule has 0 fully saturated rings. The van der Waals surface area contributed by atoms with Crippen molar-refractivity contribution in [1.29, 1.82) is 0 Å². The van der Waals surface area contributed by atoms with Crippen molar-refractivity contribution in [1.82, 2.24) is 18.7 Å². The Morgan fingerprint density at radius 3 is 2.55 bits per heavy atom. The lowest BCUT2D eigenvalue weighted by atomic mass is 10.1. The summed E-state index contributed by atoms with van der Waals surface area (Å²) in [6, 6.07) is 0. The van der Waals surface area contributed by atoms with Gasteiger partial charge >= 0.3 is 6.18 Å². The molecule has 0 bridgehead atoms. The average Bonchev–Trinajstić information content (AvgIpc) is 2.84. The quantitative estimate of drug-likeness (QED) is 0.758. The van der Waals surface area contributed by atoms with Crippen LogP contribution in [0.5, 0.6) is 0 Å². The highest BCUT2D eigenvalue weighted by Gasteiger charge is 2.39. The lowest BCUT2D eigenvalue weighted by Gasteiger charge is -2.26. The van der Waals surface area contributed by atoms with Gasteiger partial charge in [-0.25, -0.2) is 4.31 Å². The van der Waals surface area contributed by atoms with E-state index in [1.54, 1.807) is 18.9 Å². The van der Waals surface area contributed by atoms with Crippen molar-refractivity contribution in [2.24, 2.45) is 7.05 Å². The van der Waals surface area contributed by atoms with E-state index in [9.17, 15) is 13.2 Å². The minimum atomic E-state index is -4.38. The van der Waals surface area contributed by atoms with E-state index in [-0.39, 0.29) is 5.39 Å². The second kappa shape index (κ2) is 4.42. The number of halogens is 3. The first-order chi connectivity index (χ1) is 9.34. The maximum atomic E-state index is 13.2. The average molecular weight is 304 g/mol. The number of fused-ring (bicyclic) bond motifs is 3. The van der Waals surface area contributed by atoms with Gasteiger partial charge < -0.3 is 4.57 Å². The highest BCUT2D eigenvalue weighted by Crippen LogP contribution is 2.39. The highest BCUT2D eigenvalue weighted by molar-refractivity contribution is 7.96. The van der Waals surface area contributed by atoms with E-state index < -0.39 is 11.9 Å². The van der Waals surface area contributed by atoms with Gasteiger partial charge in [0.15, 0.2) is 11.3 Å². The predicted octanol–water partition coefficient (Wildman–Crippen LogP) is 2.80. The van der Waals surface area contributed by atoms with Crippen molar-refractivity contribution in [3.63, 3.8) is 0 Å². The van der Waals surface area contributed by atoms with Crippen LogP contribution >= 0.6 is 11.9 Å². The molecule has 0 aromatic carbocycles. The molecule has 4 nitrogen and oxygen atoms in total. The summed E-state index contributed by atoms with van der Waals surface area (Å²) in [5.74, 6) is 0. The molecule has 0 radical (unpaired) electrons. The lowest BCUT2D eigenvalue weighted by molar-refractivity contribution is -0.142. The van der Waals surface area contributed by atoms with Crippen molar-refractivity contribution in [3.05, 3.63) is 17.0 Å². The zero-order chi connectivity index (χ0) is 14.7. The minimum Gasteiger partial charge on any atom is -0.325 e. The molecule has 2 aromatic heterocycles. The van der Waals surface area contributed by atoms with Crippen molar-refractivity contribution < 1.29 is 13.2 Å². The maximum Gasteiger partial charge on any atom is 0.433 e. The van der Waals surface area contributed by atoms with Crippen LogP contribution in [0, 0.1) is 6.92 Å². The molecule has 0 aliphatic carbocycles. The molecule has 0 N–H and O–H groups in total. The molecule has 20 heavy (non-hydrogen) atoms. The van der Waals surface area contributed by atoms with Crippen LogP contribution in [0.25, 0.3) is 11.0 Å². The van der Waals surface area contributed by atoms with Crippen LogP contribution in [0.4, 0.5) is 13.2 Å². The molecule has 1 aliphatic rings. The molecule has 0 atom stereocenters. The van der Waals surface area contributed by atoms with Crippen LogP contribution in [0.15, 0.2) is 0 Å². The Kier molecular flexibility index (Phi) is 3.06. The SMILES string of the molecule is CSN1CCn2c(c(C)c3c(C(F)(F)F)n(C)nc32)C1. The van der Waals surface area contributed by atoms with Gasteiger partial charge in [0.2, 0.25) is 0 Å². The largest absolute Gasteiger partial charge is 0.433 e. The molecule has 2 aromatic rings. The van der Waals surface area contributed by atoms with Gasteiger partial charge in [-0.2, -0.15) is 18.3 Å². The van der Waals surface area contributed by atoms with Crippen molar-refractivity contribution >= 4 is 23.0 Å². The summed E-state index contributed by atoms with van der Waals surface area (Å²) in [5, 5.41) is 4.35. The summed E-state index contributed by atoms with van der Waals surface area (Å²) in [7, 11) is 1.35. The standard InChI is InChI=1S/C12H15F3N4S/c1-7-8-6-18(20-3)4-5-19(8)11-9(7)10(12(13,14)15)17(2)16-11/h4-6H2,1-3H3. The van der Waals surface area contributed by atoms with E-state index in [1.807, 2.05) is 10.8 Å². The summed E-state index contributed by atoms with van der Waals surface area (Å²) in [4.78, 5) is 0. The van der Waals surface area contributed by atoms with Crippen LogP contribution in [-0.2, 0) is 26.3 Å². The molecule has 0 saturated carbocycles. The number of hydrogen-bond donors (Lipinski definition) is 0. The zero-order valence-electron chi connectivity index (χ0n) is 11.5. The molecule has 0 amide bonds. The summed E-state index contributed by atoms with van der Waals surface area (Å²) in [6.07, 6.45) is -2.40. The number of rotatable bonds is 1. The Morgan fingerprint density at radius 2 is 1.95 bits per heavy atom. The normalized spacial score (nSPS) is 16.9. The molecule has 1 aliphatic heterocycles. The Morgan fingerprint density at radius 1 is 1.25 bits per heavy atom. The van der Waals surface area contributed by atoms with Crippen LogP contribution in [-0.4, -0.2) is 31.5 Å². The first-order valence-corrected chi connectivity index (χ1v) is 7.43. The topological polar surface area (TPSA) is 26.0 Å². The van der Waals surface area contributed by atoms with Crippen LogP contribution in [0.2, 0.25) is 0 Å². The third-order valence-electron chi connectivity index (χ3n) is 3.84. The van der Waals surface area contributed by atoms with Gasteiger partial charge in [-0.15, -0.1) is 0 Å². The molecule has 8 heteroatoms. The van der Waals surface area contributed by atoms with Gasteiger partial charge in [-0.05, 0) is 18.7 Å². The Bertz CT molecular complexity index is 671. The van der Waals surface area contributed by atoms with Crippen LogP contribution in [0.1, 0.15) is 17.0 Å². The molecule has 0 unspecified atom stereocenters. The predicted molar refractivity (Wildman–Crippen MR) is 72.4 cm³/mol. The lowest BCUT2D eigenvalue weighted by Crippen LogP contribution is -2.28. The smallest absolute Gasteiger partial charge is 0.325 e. The molecular formula is C12H15F3N4S. The monoisotopic (exact) mass is 304 g/mol. The molecule has 3 rings (SSSR count). The highest BCUT2D eigenvalue weighted by atomic mass is 32.2. The van der Waals surface area contributed by atoms with E-state index in [1.165, 1.54) is 7.05 Å². The van der Waals surface area contributed by atoms with E-state index in [2.05, 4.69) is 9.40 Å². The number of hydrogen-bond acceptors (Lipinski definition) is 3. The first-order valence-electron chi connectivity index (χ1n) is 6.25.